The van der Waals surface area contributed by atoms with Crippen LogP contribution in [-0.4, -0.2) is 22.1 Å². The number of para-hydroxylation sites is 1. The molecule has 5 aromatic rings. The molecule has 1 amide bonds. The van der Waals surface area contributed by atoms with Crippen molar-refractivity contribution in [2.24, 2.45) is 5.10 Å². The molecule has 5 rings (SSSR count). The number of fused-ring (bicyclic) bond motifs is 3. The third-order valence-corrected chi connectivity index (χ3v) is 5.39. The van der Waals surface area contributed by atoms with Crippen molar-refractivity contribution >= 4 is 33.9 Å². The smallest absolute Gasteiger partial charge is 0.289 e. The highest BCUT2D eigenvalue weighted by atomic mass is 16.5. The number of amides is 1. The van der Waals surface area contributed by atoms with Crippen LogP contribution in [0.2, 0.25) is 0 Å². The van der Waals surface area contributed by atoms with Crippen LogP contribution in [0.4, 0.5) is 0 Å². The number of nitrogens with one attached hydrogen (secondary N) is 2. The molecule has 7 nitrogen and oxygen atoms in total. The number of nitriles is 1. The Morgan fingerprint density at radius 1 is 1.03 bits per heavy atom. The third kappa shape index (κ3) is 4.33. The lowest BCUT2D eigenvalue weighted by Crippen LogP contribution is -2.18. The largest absolute Gasteiger partial charge is 0.489 e. The molecule has 0 aliphatic rings. The van der Waals surface area contributed by atoms with E-state index in [1.165, 1.54) is 6.21 Å². The van der Waals surface area contributed by atoms with Gasteiger partial charge in [0.1, 0.15) is 18.1 Å². The fourth-order valence-corrected chi connectivity index (χ4v) is 3.70. The van der Waals surface area contributed by atoms with Crippen LogP contribution in [0, 0.1) is 11.3 Å². The molecule has 0 radical (unpaired) electrons. The number of aromatic nitrogens is 2. The molecule has 0 spiro atoms. The minimum absolute atomic E-state index is 0.280. The van der Waals surface area contributed by atoms with Crippen LogP contribution in [-0.2, 0) is 6.61 Å². The van der Waals surface area contributed by atoms with Crippen molar-refractivity contribution in [3.8, 4) is 11.8 Å². The van der Waals surface area contributed by atoms with Crippen LogP contribution < -0.4 is 10.2 Å². The number of rotatable bonds is 6. The lowest BCUT2D eigenvalue weighted by Gasteiger charge is -2.08. The number of pyridine rings is 1. The number of carbonyl (C=O) groups is 1. The van der Waals surface area contributed by atoms with Crippen LogP contribution in [0.25, 0.3) is 21.8 Å². The van der Waals surface area contributed by atoms with E-state index in [9.17, 15) is 10.1 Å². The van der Waals surface area contributed by atoms with Gasteiger partial charge >= 0.3 is 0 Å². The van der Waals surface area contributed by atoms with E-state index in [0.717, 1.165) is 32.9 Å². The van der Waals surface area contributed by atoms with E-state index >= 15 is 0 Å². The van der Waals surface area contributed by atoms with E-state index in [1.54, 1.807) is 24.4 Å². The second-order valence-electron chi connectivity index (χ2n) is 7.61. The summed E-state index contributed by atoms with van der Waals surface area (Å²) in [5.74, 6) is 0.235. The van der Waals surface area contributed by atoms with Gasteiger partial charge in [0.05, 0.1) is 29.6 Å². The molecule has 2 N–H and O–H groups in total. The summed E-state index contributed by atoms with van der Waals surface area (Å²) in [7, 11) is 0. The molecule has 2 aromatic heterocycles. The first-order chi connectivity index (χ1) is 16.7. The predicted molar refractivity (Wildman–Crippen MR) is 131 cm³/mol. The highest BCUT2D eigenvalue weighted by molar-refractivity contribution is 6.09. The van der Waals surface area contributed by atoms with Crippen molar-refractivity contribution in [3.05, 3.63) is 107 Å². The number of hydrogen-bond donors (Lipinski definition) is 2. The second-order valence-corrected chi connectivity index (χ2v) is 7.61. The van der Waals surface area contributed by atoms with Crippen molar-refractivity contribution in [1.82, 2.24) is 15.4 Å². The van der Waals surface area contributed by atoms with Crippen molar-refractivity contribution in [3.63, 3.8) is 0 Å². The number of H-pyrrole nitrogens is 1. The van der Waals surface area contributed by atoms with Gasteiger partial charge in [-0.25, -0.2) is 10.4 Å². The second kappa shape index (κ2) is 9.27. The first-order valence-electron chi connectivity index (χ1n) is 10.6. The van der Waals surface area contributed by atoms with Crippen LogP contribution in [0.3, 0.4) is 0 Å². The molecule has 164 valence electrons. The SMILES string of the molecule is N#Cc1ccccc1COc1cccc(/C=N/NC(=O)c2cc3c(cn2)[nH]c2ccccc23)c1. The Morgan fingerprint density at radius 3 is 2.79 bits per heavy atom. The summed E-state index contributed by atoms with van der Waals surface area (Å²) >= 11 is 0. The van der Waals surface area contributed by atoms with E-state index in [2.05, 4.69) is 26.6 Å². The highest BCUT2D eigenvalue weighted by Crippen LogP contribution is 2.25. The Balaban J connectivity index is 1.25. The molecule has 0 saturated heterocycles. The van der Waals surface area contributed by atoms with E-state index < -0.39 is 5.91 Å². The van der Waals surface area contributed by atoms with Crippen LogP contribution in [0.15, 0.2) is 90.2 Å². The molecule has 0 atom stereocenters. The summed E-state index contributed by atoms with van der Waals surface area (Å²) < 4.78 is 5.83. The molecule has 2 heterocycles. The van der Waals surface area contributed by atoms with Gasteiger partial charge in [-0.2, -0.15) is 10.4 Å². The fraction of sp³-hybridized carbons (Fsp3) is 0.0370. The molecule has 0 unspecified atom stereocenters. The molecule has 3 aromatic carbocycles. The maximum Gasteiger partial charge on any atom is 0.289 e. The Morgan fingerprint density at radius 2 is 1.88 bits per heavy atom. The standard InChI is InChI=1S/C27H19N5O2/c28-14-19-7-1-2-8-20(19)17-34-21-9-5-6-18(12-21)15-30-32-27(33)25-13-23-22-10-3-4-11-24(22)31-26(23)16-29-25/h1-13,15-16,31H,17H2,(H,32,33)/b30-15+. The van der Waals surface area contributed by atoms with Crippen molar-refractivity contribution < 1.29 is 9.53 Å². The molecule has 0 fully saturated rings. The topological polar surface area (TPSA) is 103 Å². The Labute approximate surface area is 195 Å². The van der Waals surface area contributed by atoms with Gasteiger partial charge in [-0.1, -0.05) is 48.5 Å². The van der Waals surface area contributed by atoms with Gasteiger partial charge in [0.15, 0.2) is 0 Å². The molecular formula is C27H19N5O2. The first kappa shape index (κ1) is 20.9. The van der Waals surface area contributed by atoms with Gasteiger partial charge in [-0.05, 0) is 35.9 Å². The number of hydrogen-bond acceptors (Lipinski definition) is 5. The molecule has 0 bridgehead atoms. The average molecular weight is 445 g/mol. The number of ether oxygens (including phenoxy) is 1. The van der Waals surface area contributed by atoms with Crippen LogP contribution in [0.5, 0.6) is 5.75 Å². The molecule has 7 heteroatoms. The van der Waals surface area contributed by atoms with Crippen LogP contribution >= 0.6 is 0 Å². The normalized spacial score (nSPS) is 11.0. The number of aromatic amines is 1. The van der Waals surface area contributed by atoms with E-state index in [1.807, 2.05) is 60.7 Å². The fourth-order valence-electron chi connectivity index (χ4n) is 3.70. The zero-order valence-electron chi connectivity index (χ0n) is 18.0. The molecule has 0 aliphatic heterocycles. The van der Waals surface area contributed by atoms with Crippen molar-refractivity contribution in [1.29, 1.82) is 5.26 Å². The maximum atomic E-state index is 12.6. The number of benzene rings is 3. The zero-order chi connectivity index (χ0) is 23.3. The summed E-state index contributed by atoms with van der Waals surface area (Å²) in [6.45, 7) is 0.281. The lowest BCUT2D eigenvalue weighted by molar-refractivity contribution is 0.0950. The first-order valence-corrected chi connectivity index (χ1v) is 10.6. The third-order valence-electron chi connectivity index (χ3n) is 5.39. The lowest BCUT2D eigenvalue weighted by atomic mass is 10.1. The van der Waals surface area contributed by atoms with Crippen molar-refractivity contribution in [2.45, 2.75) is 6.61 Å². The molecule has 0 aliphatic carbocycles. The Hall–Kier alpha value is -4.96. The molecule has 0 saturated carbocycles. The number of nitrogens with zero attached hydrogens (tertiary/aromatic N) is 3. The monoisotopic (exact) mass is 445 g/mol. The van der Waals surface area contributed by atoms with Crippen LogP contribution in [0.1, 0.15) is 27.2 Å². The highest BCUT2D eigenvalue weighted by Gasteiger charge is 2.10. The van der Waals surface area contributed by atoms with Gasteiger partial charge in [-0.15, -0.1) is 0 Å². The maximum absolute atomic E-state index is 12.6. The predicted octanol–water partition coefficient (Wildman–Crippen LogP) is 4.93. The Kier molecular flexibility index (Phi) is 5.70. The van der Waals surface area contributed by atoms with Crippen molar-refractivity contribution in [2.75, 3.05) is 0 Å². The van der Waals surface area contributed by atoms with Gasteiger partial charge in [0.2, 0.25) is 0 Å². The van der Waals surface area contributed by atoms with E-state index in [-0.39, 0.29) is 12.3 Å². The van der Waals surface area contributed by atoms with Gasteiger partial charge in [-0.3, -0.25) is 4.79 Å². The summed E-state index contributed by atoms with van der Waals surface area (Å²) in [6, 6.07) is 26.5. The minimum atomic E-state index is -0.399. The summed E-state index contributed by atoms with van der Waals surface area (Å²) in [5.41, 5.74) is 6.83. The Bertz CT molecular complexity index is 1580. The summed E-state index contributed by atoms with van der Waals surface area (Å²) in [4.78, 5) is 20.1. The quantitative estimate of drug-likeness (QED) is 0.286. The van der Waals surface area contributed by atoms with Gasteiger partial charge in [0, 0.05) is 21.9 Å². The van der Waals surface area contributed by atoms with E-state index in [0.29, 0.717) is 11.3 Å². The van der Waals surface area contributed by atoms with E-state index in [4.69, 9.17) is 4.74 Å². The number of carbonyl (C=O) groups excluding carboxylic acids is 1. The summed E-state index contributed by atoms with van der Waals surface area (Å²) in [5, 5.41) is 15.2. The number of hydrazone groups is 1. The summed E-state index contributed by atoms with van der Waals surface area (Å²) in [6.07, 6.45) is 3.19. The zero-order valence-corrected chi connectivity index (χ0v) is 18.0. The molecular weight excluding hydrogens is 426 g/mol. The van der Waals surface area contributed by atoms with Gasteiger partial charge in [0.25, 0.3) is 5.91 Å². The van der Waals surface area contributed by atoms with Gasteiger partial charge < -0.3 is 9.72 Å². The molecule has 34 heavy (non-hydrogen) atoms. The average Bonchev–Trinajstić information content (AvgIpc) is 3.26. The minimum Gasteiger partial charge on any atom is -0.489 e.